The highest BCUT2D eigenvalue weighted by Gasteiger charge is 2.35. The van der Waals surface area contributed by atoms with Gasteiger partial charge in [-0.25, -0.2) is 4.68 Å². The molecule has 2 aromatic heterocycles. The first-order chi connectivity index (χ1) is 17.5. The van der Waals surface area contributed by atoms with Crippen molar-refractivity contribution in [1.29, 1.82) is 0 Å². The van der Waals surface area contributed by atoms with Crippen molar-refractivity contribution in [3.05, 3.63) is 80.4 Å². The third-order valence-corrected chi connectivity index (χ3v) is 7.61. The molecular weight excluding hydrogens is 462 g/mol. The number of aromatic nitrogens is 5. The molecule has 8 heteroatoms. The zero-order valence-electron chi connectivity index (χ0n) is 23.0. The van der Waals surface area contributed by atoms with E-state index in [0.29, 0.717) is 11.4 Å². The molecule has 0 bridgehead atoms. The van der Waals surface area contributed by atoms with Gasteiger partial charge in [0.15, 0.2) is 5.82 Å². The van der Waals surface area contributed by atoms with Gasteiger partial charge in [0.25, 0.3) is 5.56 Å². The first-order valence-electron chi connectivity index (χ1n) is 13.0. The van der Waals surface area contributed by atoms with Crippen molar-refractivity contribution in [2.24, 2.45) is 0 Å². The van der Waals surface area contributed by atoms with Crippen LogP contribution in [0.4, 0.5) is 5.69 Å². The van der Waals surface area contributed by atoms with E-state index in [0.717, 1.165) is 48.2 Å². The van der Waals surface area contributed by atoms with E-state index in [1.54, 1.807) is 0 Å². The summed E-state index contributed by atoms with van der Waals surface area (Å²) in [6.07, 6.45) is 0. The molecule has 1 aliphatic heterocycles. The molecule has 37 heavy (non-hydrogen) atoms. The average Bonchev–Trinajstić information content (AvgIpc) is 3.32. The fourth-order valence-electron chi connectivity index (χ4n) is 5.53. The van der Waals surface area contributed by atoms with E-state index in [2.05, 4.69) is 96.1 Å². The number of aromatic amines is 1. The maximum atomic E-state index is 13.6. The van der Waals surface area contributed by atoms with Crippen LogP contribution in [0.1, 0.15) is 60.5 Å². The number of hydrogen-bond acceptors (Lipinski definition) is 6. The summed E-state index contributed by atoms with van der Waals surface area (Å²) in [5, 5.41) is 13.9. The van der Waals surface area contributed by atoms with Gasteiger partial charge in [0.2, 0.25) is 0 Å². The predicted molar refractivity (Wildman–Crippen MR) is 148 cm³/mol. The SMILES string of the molecule is Cc1cc(C)c2cc([C@H](c3nnnn3C(C)(C)C)N3CCN(c4cccc(C)c4C)CC3)c(=O)[nH]c2c1. The van der Waals surface area contributed by atoms with Crippen molar-refractivity contribution < 1.29 is 0 Å². The molecule has 0 amide bonds. The largest absolute Gasteiger partial charge is 0.369 e. The first-order valence-corrected chi connectivity index (χ1v) is 13.0. The molecule has 0 spiro atoms. The quantitative estimate of drug-likeness (QED) is 0.448. The van der Waals surface area contributed by atoms with Crippen LogP contribution in [0.5, 0.6) is 0 Å². The number of piperazine rings is 1. The number of benzene rings is 2. The van der Waals surface area contributed by atoms with E-state index in [9.17, 15) is 4.79 Å². The van der Waals surface area contributed by atoms with Crippen LogP contribution in [0.3, 0.4) is 0 Å². The van der Waals surface area contributed by atoms with Gasteiger partial charge in [-0.1, -0.05) is 18.2 Å². The lowest BCUT2D eigenvalue weighted by atomic mass is 9.98. The van der Waals surface area contributed by atoms with Crippen molar-refractivity contribution in [2.45, 2.75) is 60.0 Å². The summed E-state index contributed by atoms with van der Waals surface area (Å²) in [5.74, 6) is 0.697. The molecule has 1 saturated heterocycles. The van der Waals surface area contributed by atoms with E-state index in [1.165, 1.54) is 16.8 Å². The number of nitrogens with zero attached hydrogens (tertiary/aromatic N) is 6. The molecule has 0 aliphatic carbocycles. The minimum absolute atomic E-state index is 0.0945. The smallest absolute Gasteiger partial charge is 0.253 e. The molecule has 1 fully saturated rings. The Bertz CT molecular complexity index is 1500. The van der Waals surface area contributed by atoms with Crippen LogP contribution >= 0.6 is 0 Å². The molecule has 4 aromatic rings. The maximum absolute atomic E-state index is 13.6. The Hall–Kier alpha value is -3.52. The fourth-order valence-corrected chi connectivity index (χ4v) is 5.53. The van der Waals surface area contributed by atoms with Crippen LogP contribution < -0.4 is 10.5 Å². The summed E-state index contributed by atoms with van der Waals surface area (Å²) in [7, 11) is 0. The molecule has 5 rings (SSSR count). The van der Waals surface area contributed by atoms with Gasteiger partial charge >= 0.3 is 0 Å². The lowest BCUT2D eigenvalue weighted by Crippen LogP contribution is -2.49. The third-order valence-electron chi connectivity index (χ3n) is 7.61. The minimum Gasteiger partial charge on any atom is -0.369 e. The molecule has 0 saturated carbocycles. The number of hydrogen-bond donors (Lipinski definition) is 1. The first kappa shape index (κ1) is 25.1. The second-order valence-corrected chi connectivity index (χ2v) is 11.4. The van der Waals surface area contributed by atoms with Crippen LogP contribution in [0.25, 0.3) is 10.9 Å². The van der Waals surface area contributed by atoms with Gasteiger partial charge in [-0.3, -0.25) is 9.69 Å². The highest BCUT2D eigenvalue weighted by atomic mass is 16.1. The third kappa shape index (κ3) is 4.66. The standard InChI is InChI=1S/C29H37N7O/c1-18-15-20(3)22-17-23(28(37)30-24(22)16-18)26(27-31-32-33-36(27)29(5,6)7)35-13-11-34(12-14-35)25-10-8-9-19(2)21(25)4/h8-10,15-17,26H,11-14H2,1-7H3,(H,30,37)/t26-/m1/s1. The number of anilines is 1. The number of fused-ring (bicyclic) bond motifs is 1. The van der Waals surface area contributed by atoms with Gasteiger partial charge in [-0.2, -0.15) is 0 Å². The van der Waals surface area contributed by atoms with E-state index in [1.807, 2.05) is 23.7 Å². The predicted octanol–water partition coefficient (Wildman–Crippen LogP) is 4.41. The highest BCUT2D eigenvalue weighted by Crippen LogP contribution is 2.32. The van der Waals surface area contributed by atoms with Gasteiger partial charge in [-0.15, -0.1) is 5.10 Å². The van der Waals surface area contributed by atoms with Crippen LogP contribution in [0.2, 0.25) is 0 Å². The number of nitrogens with one attached hydrogen (secondary N) is 1. The van der Waals surface area contributed by atoms with Crippen molar-refractivity contribution in [3.63, 3.8) is 0 Å². The van der Waals surface area contributed by atoms with Crippen molar-refractivity contribution in [1.82, 2.24) is 30.1 Å². The molecule has 2 aromatic carbocycles. The van der Waals surface area contributed by atoms with Crippen LogP contribution in [-0.4, -0.2) is 56.3 Å². The average molecular weight is 500 g/mol. The lowest BCUT2D eigenvalue weighted by Gasteiger charge is -2.40. The summed E-state index contributed by atoms with van der Waals surface area (Å²) in [6, 6.07) is 12.4. The minimum atomic E-state index is -0.358. The Morgan fingerprint density at radius 2 is 1.68 bits per heavy atom. The van der Waals surface area contributed by atoms with Crippen LogP contribution in [0.15, 0.2) is 41.2 Å². The van der Waals surface area contributed by atoms with E-state index in [-0.39, 0.29) is 17.1 Å². The molecular formula is C29H37N7O. The molecule has 8 nitrogen and oxygen atoms in total. The Labute approximate surface area is 218 Å². The monoisotopic (exact) mass is 499 g/mol. The Morgan fingerprint density at radius 3 is 2.38 bits per heavy atom. The van der Waals surface area contributed by atoms with Crippen LogP contribution in [0, 0.1) is 27.7 Å². The van der Waals surface area contributed by atoms with E-state index >= 15 is 0 Å². The molecule has 194 valence electrons. The molecule has 0 radical (unpaired) electrons. The molecule has 1 atom stereocenters. The number of tetrazole rings is 1. The van der Waals surface area contributed by atoms with Gasteiger partial charge in [0, 0.05) is 48.3 Å². The summed E-state index contributed by atoms with van der Waals surface area (Å²) in [6.45, 7) is 18.0. The van der Waals surface area contributed by atoms with Gasteiger partial charge < -0.3 is 9.88 Å². The van der Waals surface area contributed by atoms with E-state index < -0.39 is 0 Å². The maximum Gasteiger partial charge on any atom is 0.253 e. The number of aryl methyl sites for hydroxylation is 3. The summed E-state index contributed by atoms with van der Waals surface area (Å²) >= 11 is 0. The lowest BCUT2D eigenvalue weighted by molar-refractivity contribution is 0.190. The summed E-state index contributed by atoms with van der Waals surface area (Å²) < 4.78 is 1.86. The van der Waals surface area contributed by atoms with Gasteiger partial charge in [-0.05, 0) is 99.3 Å². The second kappa shape index (κ2) is 9.41. The second-order valence-electron chi connectivity index (χ2n) is 11.4. The molecule has 0 unspecified atom stereocenters. The highest BCUT2D eigenvalue weighted by molar-refractivity contribution is 5.83. The summed E-state index contributed by atoms with van der Waals surface area (Å²) in [5.41, 5.74) is 7.30. The molecule has 1 N–H and O–H groups in total. The molecule has 3 heterocycles. The summed E-state index contributed by atoms with van der Waals surface area (Å²) in [4.78, 5) is 21.6. The Morgan fingerprint density at radius 1 is 0.946 bits per heavy atom. The fraction of sp³-hybridized carbons (Fsp3) is 0.448. The van der Waals surface area contributed by atoms with E-state index in [4.69, 9.17) is 0 Å². The Kier molecular flexibility index (Phi) is 6.40. The zero-order valence-corrected chi connectivity index (χ0v) is 23.0. The van der Waals surface area contributed by atoms with Crippen LogP contribution in [-0.2, 0) is 5.54 Å². The molecule has 1 aliphatic rings. The Balaban J connectivity index is 1.58. The number of rotatable bonds is 4. The van der Waals surface area contributed by atoms with Crippen molar-refractivity contribution in [2.75, 3.05) is 31.1 Å². The topological polar surface area (TPSA) is 82.9 Å². The normalized spacial score (nSPS) is 15.9. The van der Waals surface area contributed by atoms with Crippen molar-refractivity contribution >= 4 is 16.6 Å². The number of pyridine rings is 1. The number of H-pyrrole nitrogens is 1. The van der Waals surface area contributed by atoms with Crippen molar-refractivity contribution in [3.8, 4) is 0 Å². The van der Waals surface area contributed by atoms with Gasteiger partial charge in [0.1, 0.15) is 6.04 Å². The van der Waals surface area contributed by atoms with Gasteiger partial charge in [0.05, 0.1) is 5.54 Å². The zero-order chi connectivity index (χ0) is 26.5.